The van der Waals surface area contributed by atoms with Crippen molar-refractivity contribution in [3.8, 4) is 10.6 Å². The van der Waals surface area contributed by atoms with Crippen LogP contribution in [0.15, 0.2) is 46.3 Å². The van der Waals surface area contributed by atoms with Gasteiger partial charge in [0.2, 0.25) is 0 Å². The van der Waals surface area contributed by atoms with E-state index >= 15 is 0 Å². The highest BCUT2D eigenvalue weighted by atomic mass is 35.5. The number of hydrogen-bond donors (Lipinski definition) is 2. The van der Waals surface area contributed by atoms with Crippen molar-refractivity contribution in [2.45, 2.75) is 6.42 Å². The summed E-state index contributed by atoms with van der Waals surface area (Å²) in [5.41, 5.74) is 0.478. The van der Waals surface area contributed by atoms with Gasteiger partial charge in [0, 0.05) is 19.2 Å². The Morgan fingerprint density at radius 2 is 1.85 bits per heavy atom. The van der Waals surface area contributed by atoms with Crippen molar-refractivity contribution in [3.05, 3.63) is 58.3 Å². The fourth-order valence-corrected chi connectivity index (χ4v) is 2.96. The third-order valence-corrected chi connectivity index (χ3v) is 4.47. The number of amides is 2. The lowest BCUT2D eigenvalue weighted by molar-refractivity contribution is 0.0944. The zero-order valence-electron chi connectivity index (χ0n) is 13.6. The second-order valence-electron chi connectivity index (χ2n) is 5.26. The van der Waals surface area contributed by atoms with Crippen molar-refractivity contribution in [2.24, 2.45) is 0 Å². The fourth-order valence-electron chi connectivity index (χ4n) is 2.13. The molecule has 0 unspecified atom stereocenters. The van der Waals surface area contributed by atoms with E-state index in [4.69, 9.17) is 16.1 Å². The summed E-state index contributed by atoms with van der Waals surface area (Å²) < 4.78 is 5.17. The zero-order chi connectivity index (χ0) is 18.4. The van der Waals surface area contributed by atoms with Gasteiger partial charge in [-0.25, -0.2) is 4.98 Å². The van der Waals surface area contributed by atoms with Crippen molar-refractivity contribution in [2.75, 3.05) is 13.1 Å². The first-order valence-corrected chi connectivity index (χ1v) is 9.09. The molecule has 0 saturated carbocycles. The number of carbonyl (C=O) groups is 2. The number of nitrogens with one attached hydrogen (secondary N) is 2. The molecule has 2 amide bonds. The van der Waals surface area contributed by atoms with E-state index in [-0.39, 0.29) is 28.4 Å². The lowest BCUT2D eigenvalue weighted by Crippen LogP contribution is -2.30. The molecule has 0 aliphatic carbocycles. The molecular weight excluding hydrogens is 376 g/mol. The van der Waals surface area contributed by atoms with Gasteiger partial charge in [0.05, 0.1) is 4.88 Å². The number of pyridine rings is 1. The maximum absolute atomic E-state index is 12.0. The number of thiophene rings is 1. The molecule has 2 N–H and O–H groups in total. The van der Waals surface area contributed by atoms with E-state index in [0.29, 0.717) is 25.3 Å². The standard InChI is InChI=1S/C17H15ClN4O3S/c18-15-6-1-4-11(21-15)16(23)19-7-3-8-20-17(24)12-10-13(25-22-12)14-5-2-9-26-14/h1-2,4-6,9-10H,3,7-8H2,(H,19,23)(H,20,24). The molecule has 0 aromatic carbocycles. The average Bonchev–Trinajstić information content (AvgIpc) is 3.32. The highest BCUT2D eigenvalue weighted by Crippen LogP contribution is 2.24. The lowest BCUT2D eigenvalue weighted by Gasteiger charge is -2.05. The summed E-state index contributed by atoms with van der Waals surface area (Å²) in [6.07, 6.45) is 0.563. The fraction of sp³-hybridized carbons (Fsp3) is 0.176. The van der Waals surface area contributed by atoms with Gasteiger partial charge < -0.3 is 15.2 Å². The van der Waals surface area contributed by atoms with Crippen molar-refractivity contribution < 1.29 is 14.1 Å². The summed E-state index contributed by atoms with van der Waals surface area (Å²) in [6, 6.07) is 10.2. The van der Waals surface area contributed by atoms with Crippen molar-refractivity contribution in [3.63, 3.8) is 0 Å². The van der Waals surface area contributed by atoms with Crippen LogP contribution in [-0.2, 0) is 0 Å². The van der Waals surface area contributed by atoms with Crippen LogP contribution in [0.1, 0.15) is 27.4 Å². The van der Waals surface area contributed by atoms with Crippen molar-refractivity contribution in [1.29, 1.82) is 0 Å². The van der Waals surface area contributed by atoms with Crippen LogP contribution < -0.4 is 10.6 Å². The molecule has 0 aliphatic heterocycles. The normalized spacial score (nSPS) is 10.5. The average molecular weight is 391 g/mol. The summed E-state index contributed by atoms with van der Waals surface area (Å²) in [4.78, 5) is 28.8. The smallest absolute Gasteiger partial charge is 0.273 e. The van der Waals surface area contributed by atoms with Crippen LogP contribution in [0, 0.1) is 0 Å². The van der Waals surface area contributed by atoms with Crippen LogP contribution in [0.3, 0.4) is 0 Å². The van der Waals surface area contributed by atoms with Gasteiger partial charge in [-0.1, -0.05) is 28.9 Å². The predicted octanol–water partition coefficient (Wildman–Crippen LogP) is 3.00. The highest BCUT2D eigenvalue weighted by molar-refractivity contribution is 7.13. The molecular formula is C17H15ClN4O3S. The minimum absolute atomic E-state index is 0.223. The van der Waals surface area contributed by atoms with Gasteiger partial charge in [-0.3, -0.25) is 9.59 Å². The minimum atomic E-state index is -0.320. The largest absolute Gasteiger partial charge is 0.355 e. The maximum Gasteiger partial charge on any atom is 0.273 e. The third kappa shape index (κ3) is 4.68. The Morgan fingerprint density at radius 1 is 1.08 bits per heavy atom. The molecule has 0 bridgehead atoms. The third-order valence-electron chi connectivity index (χ3n) is 3.38. The van der Waals surface area contributed by atoms with Crippen LogP contribution in [0.4, 0.5) is 0 Å². The number of aromatic nitrogens is 2. The molecule has 0 aliphatic rings. The SMILES string of the molecule is O=C(NCCCNC(=O)c1cccc(Cl)n1)c1cc(-c2cccs2)on1. The van der Waals surface area contributed by atoms with E-state index in [1.54, 1.807) is 24.3 Å². The molecule has 7 nitrogen and oxygen atoms in total. The molecule has 26 heavy (non-hydrogen) atoms. The molecule has 3 rings (SSSR count). The van der Waals surface area contributed by atoms with Crippen LogP contribution >= 0.6 is 22.9 Å². The summed E-state index contributed by atoms with van der Waals surface area (Å²) in [6.45, 7) is 0.788. The zero-order valence-corrected chi connectivity index (χ0v) is 15.1. The summed E-state index contributed by atoms with van der Waals surface area (Å²) in [5, 5.41) is 11.4. The lowest BCUT2D eigenvalue weighted by atomic mass is 10.3. The first-order chi connectivity index (χ1) is 12.6. The number of carbonyl (C=O) groups excluding carboxylic acids is 2. The summed E-state index contributed by atoms with van der Waals surface area (Å²) in [7, 11) is 0. The summed E-state index contributed by atoms with van der Waals surface area (Å²) in [5.74, 6) is -0.0678. The molecule has 0 radical (unpaired) electrons. The maximum atomic E-state index is 12.0. The van der Waals surface area contributed by atoms with E-state index < -0.39 is 0 Å². The van der Waals surface area contributed by atoms with Crippen LogP contribution in [-0.4, -0.2) is 35.0 Å². The van der Waals surface area contributed by atoms with Gasteiger partial charge in [0.15, 0.2) is 11.5 Å². The molecule has 0 atom stereocenters. The Morgan fingerprint density at radius 3 is 2.54 bits per heavy atom. The Kier molecular flexibility index (Phi) is 5.98. The Labute approximate surface area is 158 Å². The van der Waals surface area contributed by atoms with Crippen LogP contribution in [0.5, 0.6) is 0 Å². The van der Waals surface area contributed by atoms with Gasteiger partial charge in [-0.05, 0) is 30.0 Å². The van der Waals surface area contributed by atoms with E-state index in [1.807, 2.05) is 17.5 Å². The quantitative estimate of drug-likeness (QED) is 0.477. The van der Waals surface area contributed by atoms with Gasteiger partial charge in [0.1, 0.15) is 10.8 Å². The molecule has 0 fully saturated rings. The van der Waals surface area contributed by atoms with Crippen LogP contribution in [0.2, 0.25) is 5.15 Å². The van der Waals surface area contributed by atoms with Crippen molar-refractivity contribution >= 4 is 34.8 Å². The van der Waals surface area contributed by atoms with Gasteiger partial charge in [-0.15, -0.1) is 11.3 Å². The molecule has 0 spiro atoms. The van der Waals surface area contributed by atoms with E-state index in [0.717, 1.165) is 4.88 Å². The Bertz CT molecular complexity index is 895. The van der Waals surface area contributed by atoms with Crippen molar-refractivity contribution in [1.82, 2.24) is 20.8 Å². The highest BCUT2D eigenvalue weighted by Gasteiger charge is 2.14. The van der Waals surface area contributed by atoms with Crippen LogP contribution in [0.25, 0.3) is 10.6 Å². The van der Waals surface area contributed by atoms with E-state index in [2.05, 4.69) is 20.8 Å². The summed E-state index contributed by atoms with van der Waals surface area (Å²) >= 11 is 7.26. The number of halogens is 1. The van der Waals surface area contributed by atoms with E-state index in [1.165, 1.54) is 11.3 Å². The van der Waals surface area contributed by atoms with Gasteiger partial charge in [0.25, 0.3) is 11.8 Å². The topological polar surface area (TPSA) is 97.1 Å². The number of rotatable bonds is 7. The monoisotopic (exact) mass is 390 g/mol. The second-order valence-corrected chi connectivity index (χ2v) is 6.60. The number of hydrogen-bond acceptors (Lipinski definition) is 6. The first-order valence-electron chi connectivity index (χ1n) is 7.83. The van der Waals surface area contributed by atoms with Gasteiger partial charge >= 0.3 is 0 Å². The Balaban J connectivity index is 1.40. The van der Waals surface area contributed by atoms with E-state index in [9.17, 15) is 9.59 Å². The first kappa shape index (κ1) is 18.1. The molecule has 0 saturated heterocycles. The predicted molar refractivity (Wildman–Crippen MR) is 98.3 cm³/mol. The molecule has 3 aromatic heterocycles. The molecule has 3 heterocycles. The van der Waals surface area contributed by atoms with Gasteiger partial charge in [-0.2, -0.15) is 0 Å². The number of nitrogens with zero attached hydrogens (tertiary/aromatic N) is 2. The Hall–Kier alpha value is -2.71. The molecule has 134 valence electrons. The minimum Gasteiger partial charge on any atom is -0.355 e. The molecule has 9 heteroatoms. The molecule has 3 aromatic rings. The second kappa shape index (κ2) is 8.59.